The summed E-state index contributed by atoms with van der Waals surface area (Å²) in [6.07, 6.45) is 3.66. The topological polar surface area (TPSA) is 96.4 Å². The molecule has 1 N–H and O–H groups in total. The molecule has 8 heteroatoms. The number of aliphatic hydroxyl groups excluding tert-OH is 1. The second kappa shape index (κ2) is 11.2. The van der Waals surface area contributed by atoms with E-state index in [1.54, 1.807) is 48.4 Å². The van der Waals surface area contributed by atoms with Crippen molar-refractivity contribution in [3.8, 4) is 5.75 Å². The minimum Gasteiger partial charge on any atom is -0.507 e. The number of Topliss-reactive ketones (excluding diaryl/α,β-unsaturated/α-hetero) is 1. The number of fused-ring (bicyclic) bond motifs is 2. The van der Waals surface area contributed by atoms with Crippen LogP contribution in [0.15, 0.2) is 60.7 Å². The van der Waals surface area contributed by atoms with Gasteiger partial charge in [0.1, 0.15) is 18.1 Å². The van der Waals surface area contributed by atoms with Crippen molar-refractivity contribution in [3.05, 3.63) is 77.4 Å². The molecule has 4 rings (SSSR count). The Balaban J connectivity index is 1.95. The van der Waals surface area contributed by atoms with Crippen LogP contribution in [0.25, 0.3) is 5.76 Å². The molecule has 1 fully saturated rings. The van der Waals surface area contributed by atoms with Crippen molar-refractivity contribution in [2.45, 2.75) is 38.6 Å². The molecule has 0 aliphatic carbocycles. The summed E-state index contributed by atoms with van der Waals surface area (Å²) in [7, 11) is 1.55. The van der Waals surface area contributed by atoms with Crippen molar-refractivity contribution in [2.75, 3.05) is 38.3 Å². The van der Waals surface area contributed by atoms with Crippen molar-refractivity contribution in [3.63, 3.8) is 0 Å². The molecule has 2 amide bonds. The first-order valence-corrected chi connectivity index (χ1v) is 12.9. The lowest BCUT2D eigenvalue weighted by molar-refractivity contribution is -0.143. The van der Waals surface area contributed by atoms with Crippen LogP contribution in [-0.2, 0) is 24.7 Å². The molecule has 1 spiro atoms. The normalized spacial score (nSPS) is 19.9. The van der Waals surface area contributed by atoms with E-state index >= 15 is 0 Å². The molecule has 2 heterocycles. The number of hydrogen-bond acceptors (Lipinski definition) is 6. The van der Waals surface area contributed by atoms with Crippen LogP contribution in [-0.4, -0.2) is 61.0 Å². The Hall–Kier alpha value is -3.91. The highest BCUT2D eigenvalue weighted by Crippen LogP contribution is 2.53. The molecule has 0 radical (unpaired) electrons. The minimum atomic E-state index is -1.76. The zero-order valence-electron chi connectivity index (χ0n) is 22.2. The monoisotopic (exact) mass is 518 g/mol. The van der Waals surface area contributed by atoms with E-state index in [0.717, 1.165) is 18.4 Å². The Morgan fingerprint density at radius 1 is 1.11 bits per heavy atom. The van der Waals surface area contributed by atoms with E-state index in [2.05, 4.69) is 6.58 Å². The SMILES string of the molecule is C=CCOc1ccc(C(O)=C2C(=O)C(=O)N(CCCOC)[C@@]23C(=O)N(CCCC)c2ccccc23)cc1C. The van der Waals surface area contributed by atoms with Gasteiger partial charge in [0.15, 0.2) is 5.54 Å². The van der Waals surface area contributed by atoms with Crippen molar-refractivity contribution < 1.29 is 29.0 Å². The molecule has 0 bridgehead atoms. The average Bonchev–Trinajstić information content (AvgIpc) is 3.29. The van der Waals surface area contributed by atoms with E-state index in [-0.39, 0.29) is 12.1 Å². The van der Waals surface area contributed by atoms with Crippen molar-refractivity contribution >= 4 is 29.0 Å². The summed E-state index contributed by atoms with van der Waals surface area (Å²) in [5.41, 5.74) is 0.224. The van der Waals surface area contributed by atoms with Crippen molar-refractivity contribution in [1.29, 1.82) is 0 Å². The fourth-order valence-corrected chi connectivity index (χ4v) is 5.32. The molecule has 2 aliphatic rings. The average molecular weight is 519 g/mol. The van der Waals surface area contributed by atoms with Gasteiger partial charge < -0.3 is 24.4 Å². The fourth-order valence-electron chi connectivity index (χ4n) is 5.32. The number of ketones is 1. The molecular formula is C30H34N2O6. The standard InChI is InChI=1S/C30H34N2O6/c1-5-7-15-31-23-12-9-8-11-22(23)30(29(31)36)25(27(34)28(35)32(30)16-10-18-37-4)26(33)21-13-14-24(20(3)19-21)38-17-6-2/h6,8-9,11-14,19,33H,2,5,7,10,15-18H2,1,3-4H3/t30-/m1/s1. The van der Waals surface area contributed by atoms with Gasteiger partial charge in [-0.25, -0.2) is 0 Å². The van der Waals surface area contributed by atoms with Crippen LogP contribution in [0.1, 0.15) is 42.9 Å². The summed E-state index contributed by atoms with van der Waals surface area (Å²) in [5.74, 6) is -1.90. The molecule has 1 atom stereocenters. The van der Waals surface area contributed by atoms with Crippen LogP contribution in [0.2, 0.25) is 0 Å². The van der Waals surface area contributed by atoms with Gasteiger partial charge in [0, 0.05) is 37.9 Å². The molecule has 0 saturated carbocycles. The van der Waals surface area contributed by atoms with E-state index in [9.17, 15) is 19.5 Å². The first-order valence-electron chi connectivity index (χ1n) is 12.9. The lowest BCUT2D eigenvalue weighted by atomic mass is 9.81. The number of rotatable bonds is 11. The highest BCUT2D eigenvalue weighted by Gasteiger charge is 2.66. The summed E-state index contributed by atoms with van der Waals surface area (Å²) in [5, 5.41) is 11.6. The van der Waals surface area contributed by atoms with E-state index in [1.807, 2.05) is 26.0 Å². The van der Waals surface area contributed by atoms with Gasteiger partial charge in [-0.3, -0.25) is 14.4 Å². The molecule has 2 aromatic carbocycles. The zero-order chi connectivity index (χ0) is 27.4. The van der Waals surface area contributed by atoms with Crippen LogP contribution >= 0.6 is 0 Å². The van der Waals surface area contributed by atoms with Crippen LogP contribution < -0.4 is 9.64 Å². The summed E-state index contributed by atoms with van der Waals surface area (Å²) < 4.78 is 10.8. The van der Waals surface area contributed by atoms with Gasteiger partial charge >= 0.3 is 0 Å². The number of carbonyl (C=O) groups is 3. The van der Waals surface area contributed by atoms with Gasteiger partial charge in [-0.15, -0.1) is 0 Å². The summed E-state index contributed by atoms with van der Waals surface area (Å²) in [4.78, 5) is 44.5. The molecular weight excluding hydrogens is 484 g/mol. The number of hydrogen-bond donors (Lipinski definition) is 1. The van der Waals surface area contributed by atoms with E-state index in [4.69, 9.17) is 9.47 Å². The number of para-hydroxylation sites is 1. The molecule has 2 aliphatic heterocycles. The summed E-state index contributed by atoms with van der Waals surface area (Å²) in [6, 6.07) is 12.2. The molecule has 0 aromatic heterocycles. The number of benzene rings is 2. The van der Waals surface area contributed by atoms with Gasteiger partial charge in [-0.05, 0) is 49.6 Å². The van der Waals surface area contributed by atoms with E-state index < -0.39 is 28.9 Å². The number of methoxy groups -OCH3 is 1. The van der Waals surface area contributed by atoms with Gasteiger partial charge in [0.25, 0.3) is 17.6 Å². The lowest BCUT2D eigenvalue weighted by Crippen LogP contribution is -2.52. The number of amides is 2. The highest BCUT2D eigenvalue weighted by molar-refractivity contribution is 6.50. The molecule has 1 saturated heterocycles. The van der Waals surface area contributed by atoms with Crippen LogP contribution in [0, 0.1) is 6.92 Å². The fraction of sp³-hybridized carbons (Fsp3) is 0.367. The van der Waals surface area contributed by atoms with E-state index in [1.165, 1.54) is 4.90 Å². The van der Waals surface area contributed by atoms with Crippen molar-refractivity contribution in [2.24, 2.45) is 0 Å². The Bertz CT molecular complexity index is 1300. The Kier molecular flexibility index (Phi) is 8.02. The third kappa shape index (κ3) is 4.28. The Morgan fingerprint density at radius 2 is 1.87 bits per heavy atom. The van der Waals surface area contributed by atoms with Crippen molar-refractivity contribution in [1.82, 2.24) is 4.90 Å². The maximum Gasteiger partial charge on any atom is 0.296 e. The number of nitrogens with zero attached hydrogens (tertiary/aromatic N) is 2. The second-order valence-electron chi connectivity index (χ2n) is 9.47. The highest BCUT2D eigenvalue weighted by atomic mass is 16.5. The first kappa shape index (κ1) is 27.1. The number of likely N-dealkylation sites (tertiary alicyclic amines) is 1. The van der Waals surface area contributed by atoms with Crippen LogP contribution in [0.4, 0.5) is 5.69 Å². The Morgan fingerprint density at radius 3 is 2.55 bits per heavy atom. The predicted octanol–water partition coefficient (Wildman–Crippen LogP) is 4.32. The largest absolute Gasteiger partial charge is 0.507 e. The number of aliphatic hydroxyl groups is 1. The number of carbonyl (C=O) groups excluding carboxylic acids is 3. The number of aryl methyl sites for hydroxylation is 1. The lowest BCUT2D eigenvalue weighted by Gasteiger charge is -2.34. The quantitative estimate of drug-likeness (QED) is 0.157. The molecule has 38 heavy (non-hydrogen) atoms. The first-order chi connectivity index (χ1) is 18.3. The predicted molar refractivity (Wildman–Crippen MR) is 145 cm³/mol. The van der Waals surface area contributed by atoms with E-state index in [0.29, 0.717) is 48.7 Å². The molecule has 8 nitrogen and oxygen atoms in total. The maximum atomic E-state index is 14.4. The maximum absolute atomic E-state index is 14.4. The molecule has 200 valence electrons. The number of anilines is 1. The van der Waals surface area contributed by atoms with Crippen LogP contribution in [0.5, 0.6) is 5.75 Å². The van der Waals surface area contributed by atoms with Gasteiger partial charge in [0.2, 0.25) is 0 Å². The van der Waals surface area contributed by atoms with Crippen LogP contribution in [0.3, 0.4) is 0 Å². The summed E-state index contributed by atoms with van der Waals surface area (Å²) >= 11 is 0. The zero-order valence-corrected chi connectivity index (χ0v) is 22.2. The second-order valence-corrected chi connectivity index (χ2v) is 9.47. The summed E-state index contributed by atoms with van der Waals surface area (Å²) in [6.45, 7) is 8.72. The van der Waals surface area contributed by atoms with Gasteiger partial charge in [-0.1, -0.05) is 44.2 Å². The minimum absolute atomic E-state index is 0.115. The molecule has 0 unspecified atom stereocenters. The number of unbranched alkanes of at least 4 members (excludes halogenated alkanes) is 1. The third-order valence-electron chi connectivity index (χ3n) is 7.08. The third-order valence-corrected chi connectivity index (χ3v) is 7.08. The smallest absolute Gasteiger partial charge is 0.296 e. The molecule has 2 aromatic rings. The van der Waals surface area contributed by atoms with Gasteiger partial charge in [0.05, 0.1) is 11.3 Å². The van der Waals surface area contributed by atoms with Gasteiger partial charge in [-0.2, -0.15) is 0 Å². The number of ether oxygens (including phenoxy) is 2. The Labute approximate surface area is 223 Å².